The van der Waals surface area contributed by atoms with Crippen LogP contribution in [0.3, 0.4) is 0 Å². The molecule has 1 aliphatic heterocycles. The number of nitrogens with one attached hydrogen (secondary N) is 1. The Hall–Kier alpha value is -2.45. The molecule has 1 fully saturated rings. The average Bonchev–Trinajstić information content (AvgIpc) is 2.54. The lowest BCUT2D eigenvalue weighted by Gasteiger charge is -2.30. The Balaban J connectivity index is 2.02. The first kappa shape index (κ1) is 18.9. The van der Waals surface area contributed by atoms with E-state index in [0.717, 1.165) is 0 Å². The molecule has 9 heteroatoms. The number of halogens is 3. The number of piperidine rings is 1. The maximum absolute atomic E-state index is 12.4. The van der Waals surface area contributed by atoms with Crippen molar-refractivity contribution in [1.82, 2.24) is 4.90 Å². The third kappa shape index (κ3) is 5.54. The van der Waals surface area contributed by atoms with Crippen LogP contribution >= 0.6 is 0 Å². The Labute approximate surface area is 142 Å². The summed E-state index contributed by atoms with van der Waals surface area (Å²) in [6, 6.07) is 4.04. The number of aryl methyl sites for hydroxylation is 1. The summed E-state index contributed by atoms with van der Waals surface area (Å²) in [5.41, 5.74) is 0.831. The van der Waals surface area contributed by atoms with Crippen molar-refractivity contribution in [1.29, 1.82) is 0 Å². The van der Waals surface area contributed by atoms with E-state index in [-0.39, 0.29) is 24.5 Å². The van der Waals surface area contributed by atoms with Crippen LogP contribution in [0, 0.1) is 12.8 Å². The summed E-state index contributed by atoms with van der Waals surface area (Å²) in [6.45, 7) is 0.785. The number of nitrogens with zero attached hydrogens (tertiary/aromatic N) is 1. The minimum Gasteiger partial charge on any atom is -0.482 e. The summed E-state index contributed by atoms with van der Waals surface area (Å²) in [7, 11) is 0. The fourth-order valence-electron chi connectivity index (χ4n) is 2.54. The second-order valence-electron chi connectivity index (χ2n) is 5.93. The number of alkyl halides is 3. The molecular weight excluding hydrogens is 341 g/mol. The molecule has 1 aromatic carbocycles. The van der Waals surface area contributed by atoms with Gasteiger partial charge in [-0.3, -0.25) is 4.79 Å². The van der Waals surface area contributed by atoms with Crippen molar-refractivity contribution in [3.8, 4) is 5.75 Å². The fraction of sp³-hybridized carbons (Fsp3) is 0.500. The van der Waals surface area contributed by atoms with Gasteiger partial charge in [0, 0.05) is 13.1 Å². The number of carboxylic acid groups (broad SMARTS) is 1. The number of carboxylic acids is 1. The zero-order valence-corrected chi connectivity index (χ0v) is 13.6. The van der Waals surface area contributed by atoms with Gasteiger partial charge in [-0.1, -0.05) is 6.07 Å². The third-order valence-corrected chi connectivity index (χ3v) is 3.90. The summed E-state index contributed by atoms with van der Waals surface area (Å²) in [5, 5.41) is 11.5. The number of amides is 2. The minimum atomic E-state index is -4.48. The normalized spacial score (nSPS) is 15.8. The van der Waals surface area contributed by atoms with E-state index in [4.69, 9.17) is 9.84 Å². The van der Waals surface area contributed by atoms with Gasteiger partial charge in [-0.15, -0.1) is 0 Å². The number of anilines is 1. The monoisotopic (exact) mass is 360 g/mol. The standard InChI is InChI=1S/C16H19F3N2O4/c1-10-2-3-12(13(8-10)25-9-16(17,18)19)20-15(24)21-6-4-11(5-7-21)14(22)23/h2-3,8,11H,4-7,9H2,1H3,(H,20,24)(H,22,23). The molecule has 0 radical (unpaired) electrons. The SMILES string of the molecule is Cc1ccc(NC(=O)N2CCC(C(=O)O)CC2)c(OCC(F)(F)F)c1. The molecule has 2 amide bonds. The van der Waals surface area contributed by atoms with Gasteiger partial charge in [0.2, 0.25) is 0 Å². The Morgan fingerprint density at radius 2 is 1.96 bits per heavy atom. The maximum Gasteiger partial charge on any atom is 0.422 e. The van der Waals surface area contributed by atoms with E-state index in [2.05, 4.69) is 5.32 Å². The average molecular weight is 360 g/mol. The molecule has 0 atom stereocenters. The Morgan fingerprint density at radius 1 is 1.32 bits per heavy atom. The van der Waals surface area contributed by atoms with E-state index in [1.165, 1.54) is 17.0 Å². The largest absolute Gasteiger partial charge is 0.482 e. The molecule has 0 saturated carbocycles. The Morgan fingerprint density at radius 3 is 2.52 bits per heavy atom. The van der Waals surface area contributed by atoms with Crippen LogP contribution in [0.5, 0.6) is 5.75 Å². The fourth-order valence-corrected chi connectivity index (χ4v) is 2.54. The van der Waals surface area contributed by atoms with Crippen LogP contribution in [0.15, 0.2) is 18.2 Å². The highest BCUT2D eigenvalue weighted by molar-refractivity contribution is 5.91. The number of hydrogen-bond acceptors (Lipinski definition) is 3. The van der Waals surface area contributed by atoms with Crippen LogP contribution in [0.2, 0.25) is 0 Å². The molecule has 0 aromatic heterocycles. The molecule has 2 rings (SSSR count). The van der Waals surface area contributed by atoms with Crippen LogP contribution < -0.4 is 10.1 Å². The summed E-state index contributed by atoms with van der Waals surface area (Å²) >= 11 is 0. The molecule has 1 aliphatic rings. The number of ether oxygens (including phenoxy) is 1. The first-order chi connectivity index (χ1) is 11.7. The van der Waals surface area contributed by atoms with Crippen molar-refractivity contribution >= 4 is 17.7 Å². The van der Waals surface area contributed by atoms with E-state index in [9.17, 15) is 22.8 Å². The van der Waals surface area contributed by atoms with E-state index in [1.807, 2.05) is 0 Å². The Kier molecular flexibility index (Phi) is 5.76. The second-order valence-corrected chi connectivity index (χ2v) is 5.93. The minimum absolute atomic E-state index is 0.0638. The van der Waals surface area contributed by atoms with Crippen LogP contribution in [0.1, 0.15) is 18.4 Å². The van der Waals surface area contributed by atoms with Crippen molar-refractivity contribution in [2.45, 2.75) is 25.9 Å². The summed E-state index contributed by atoms with van der Waals surface area (Å²) in [4.78, 5) is 24.6. The number of benzene rings is 1. The second kappa shape index (κ2) is 7.62. The van der Waals surface area contributed by atoms with Gasteiger partial charge in [0.25, 0.3) is 0 Å². The number of rotatable bonds is 4. The van der Waals surface area contributed by atoms with Gasteiger partial charge in [-0.25, -0.2) is 4.79 Å². The summed E-state index contributed by atoms with van der Waals surface area (Å²) in [6.07, 6.45) is -3.80. The highest BCUT2D eigenvalue weighted by Crippen LogP contribution is 2.28. The van der Waals surface area contributed by atoms with Crippen molar-refractivity contribution in [3.05, 3.63) is 23.8 Å². The molecule has 0 unspecified atom stereocenters. The quantitative estimate of drug-likeness (QED) is 0.864. The highest BCUT2D eigenvalue weighted by Gasteiger charge is 2.30. The van der Waals surface area contributed by atoms with E-state index < -0.39 is 30.7 Å². The molecule has 0 bridgehead atoms. The highest BCUT2D eigenvalue weighted by atomic mass is 19.4. The van der Waals surface area contributed by atoms with E-state index in [1.54, 1.807) is 13.0 Å². The molecular formula is C16H19F3N2O4. The first-order valence-corrected chi connectivity index (χ1v) is 7.74. The van der Waals surface area contributed by atoms with Crippen molar-refractivity contribution in [2.24, 2.45) is 5.92 Å². The summed E-state index contributed by atoms with van der Waals surface area (Å²) in [5.74, 6) is -1.43. The molecule has 2 N–H and O–H groups in total. The summed E-state index contributed by atoms with van der Waals surface area (Å²) < 4.78 is 41.9. The number of likely N-dealkylation sites (tertiary alicyclic amines) is 1. The molecule has 1 aromatic rings. The van der Waals surface area contributed by atoms with Crippen molar-refractivity contribution < 1.29 is 32.6 Å². The molecule has 0 spiro atoms. The number of carbonyl (C=O) groups is 2. The zero-order chi connectivity index (χ0) is 18.6. The third-order valence-electron chi connectivity index (χ3n) is 3.90. The van der Waals surface area contributed by atoms with Gasteiger partial charge in [0.15, 0.2) is 6.61 Å². The molecule has 1 saturated heterocycles. The van der Waals surface area contributed by atoms with Gasteiger partial charge in [0.05, 0.1) is 11.6 Å². The molecule has 1 heterocycles. The predicted octanol–water partition coefficient (Wildman–Crippen LogP) is 3.26. The zero-order valence-electron chi connectivity index (χ0n) is 13.6. The van der Waals surface area contributed by atoms with Gasteiger partial charge in [-0.05, 0) is 37.5 Å². The molecule has 138 valence electrons. The Bertz CT molecular complexity index is 641. The molecule has 25 heavy (non-hydrogen) atoms. The number of urea groups is 1. The van der Waals surface area contributed by atoms with Gasteiger partial charge >= 0.3 is 18.2 Å². The predicted molar refractivity (Wildman–Crippen MR) is 83.7 cm³/mol. The molecule has 0 aliphatic carbocycles. The van der Waals surface area contributed by atoms with Crippen LogP contribution in [-0.2, 0) is 4.79 Å². The van der Waals surface area contributed by atoms with Crippen LogP contribution in [-0.4, -0.2) is 47.9 Å². The van der Waals surface area contributed by atoms with Gasteiger partial charge in [-0.2, -0.15) is 13.2 Å². The van der Waals surface area contributed by atoms with Crippen LogP contribution in [0.25, 0.3) is 0 Å². The number of carbonyl (C=O) groups excluding carboxylic acids is 1. The van der Waals surface area contributed by atoms with E-state index >= 15 is 0 Å². The van der Waals surface area contributed by atoms with Gasteiger partial charge < -0.3 is 20.1 Å². The lowest BCUT2D eigenvalue weighted by molar-refractivity contribution is -0.153. The first-order valence-electron chi connectivity index (χ1n) is 7.74. The van der Waals surface area contributed by atoms with Crippen molar-refractivity contribution in [3.63, 3.8) is 0 Å². The maximum atomic E-state index is 12.4. The smallest absolute Gasteiger partial charge is 0.422 e. The lowest BCUT2D eigenvalue weighted by atomic mass is 9.97. The van der Waals surface area contributed by atoms with Crippen molar-refractivity contribution in [2.75, 3.05) is 25.0 Å². The lowest BCUT2D eigenvalue weighted by Crippen LogP contribution is -2.42. The van der Waals surface area contributed by atoms with Crippen LogP contribution in [0.4, 0.5) is 23.7 Å². The number of aliphatic carboxylic acids is 1. The number of hydrogen-bond donors (Lipinski definition) is 2. The van der Waals surface area contributed by atoms with Gasteiger partial charge in [0.1, 0.15) is 5.75 Å². The van der Waals surface area contributed by atoms with E-state index in [0.29, 0.717) is 18.4 Å². The molecule has 6 nitrogen and oxygen atoms in total. The topological polar surface area (TPSA) is 78.9 Å².